The molecule has 6 nitrogen and oxygen atoms in total. The van der Waals surface area contributed by atoms with Gasteiger partial charge in [-0.15, -0.1) is 0 Å². The van der Waals surface area contributed by atoms with Crippen molar-refractivity contribution in [2.75, 3.05) is 16.0 Å². The van der Waals surface area contributed by atoms with Crippen molar-refractivity contribution in [2.45, 2.75) is 12.8 Å². The Morgan fingerprint density at radius 2 is 1.27 bits per heavy atom. The number of hydrogen-bond donors (Lipinski definition) is 3. The van der Waals surface area contributed by atoms with Crippen molar-refractivity contribution in [2.24, 2.45) is 0 Å². The molecule has 152 valence electrons. The van der Waals surface area contributed by atoms with Crippen molar-refractivity contribution in [1.29, 1.82) is 0 Å². The van der Waals surface area contributed by atoms with E-state index in [4.69, 9.17) is 0 Å². The van der Waals surface area contributed by atoms with Crippen molar-refractivity contribution >= 4 is 50.7 Å². The van der Waals surface area contributed by atoms with Gasteiger partial charge in [-0.25, -0.2) is 4.79 Å². The Kier molecular flexibility index (Phi) is 7.34. The van der Waals surface area contributed by atoms with Crippen LogP contribution in [0.15, 0.2) is 83.3 Å². The van der Waals surface area contributed by atoms with Crippen molar-refractivity contribution in [3.63, 3.8) is 0 Å². The van der Waals surface area contributed by atoms with E-state index in [2.05, 4.69) is 31.9 Å². The van der Waals surface area contributed by atoms with E-state index in [1.165, 1.54) is 0 Å². The lowest BCUT2D eigenvalue weighted by molar-refractivity contribution is -0.116. The molecule has 0 bridgehead atoms. The number of urea groups is 1. The van der Waals surface area contributed by atoms with Gasteiger partial charge in [0.2, 0.25) is 5.91 Å². The first-order valence-electron chi connectivity index (χ1n) is 9.31. The van der Waals surface area contributed by atoms with Crippen LogP contribution in [0, 0.1) is 0 Å². The number of nitrogens with one attached hydrogen (secondary N) is 3. The van der Waals surface area contributed by atoms with E-state index < -0.39 is 0 Å². The number of hydrogen-bond acceptors (Lipinski definition) is 3. The maximum absolute atomic E-state index is 12.2. The van der Waals surface area contributed by atoms with Crippen LogP contribution >= 0.6 is 15.9 Å². The zero-order valence-electron chi connectivity index (χ0n) is 16.0. The van der Waals surface area contributed by atoms with Gasteiger partial charge in [-0.2, -0.15) is 0 Å². The molecule has 0 fully saturated rings. The fourth-order valence-electron chi connectivity index (χ4n) is 2.72. The van der Waals surface area contributed by atoms with Crippen LogP contribution in [-0.2, 0) is 4.79 Å². The molecule has 3 N–H and O–H groups in total. The van der Waals surface area contributed by atoms with Crippen LogP contribution in [0.1, 0.15) is 23.2 Å². The standard InChI is InChI=1S/C23H20BrN3O3/c24-17-11-9-16(10-12-17)21(28)13-14-22(29)25-19-7-4-8-20(15-19)27-23(30)26-18-5-2-1-3-6-18/h1-12,15H,13-14H2,(H,25,29)(H2,26,27,30). The number of halogens is 1. The third-order valence-corrected chi connectivity index (χ3v) is 4.71. The lowest BCUT2D eigenvalue weighted by Gasteiger charge is -2.10. The molecule has 0 aliphatic carbocycles. The summed E-state index contributed by atoms with van der Waals surface area (Å²) in [4.78, 5) is 36.5. The zero-order valence-corrected chi connectivity index (χ0v) is 17.6. The monoisotopic (exact) mass is 465 g/mol. The fourth-order valence-corrected chi connectivity index (χ4v) is 2.98. The maximum Gasteiger partial charge on any atom is 0.323 e. The van der Waals surface area contributed by atoms with Gasteiger partial charge < -0.3 is 16.0 Å². The molecule has 0 aliphatic rings. The number of benzene rings is 3. The zero-order chi connectivity index (χ0) is 21.3. The number of anilines is 3. The van der Waals surface area contributed by atoms with E-state index >= 15 is 0 Å². The van der Waals surface area contributed by atoms with Crippen molar-refractivity contribution in [3.8, 4) is 0 Å². The molecule has 3 rings (SSSR count). The Morgan fingerprint density at radius 3 is 1.97 bits per heavy atom. The van der Waals surface area contributed by atoms with Crippen molar-refractivity contribution in [3.05, 3.63) is 88.9 Å². The second kappa shape index (κ2) is 10.4. The van der Waals surface area contributed by atoms with E-state index in [0.717, 1.165) is 4.47 Å². The summed E-state index contributed by atoms with van der Waals surface area (Å²) in [5.41, 5.74) is 2.32. The highest BCUT2D eigenvalue weighted by atomic mass is 79.9. The Hall–Kier alpha value is -3.45. The van der Waals surface area contributed by atoms with E-state index in [0.29, 0.717) is 22.6 Å². The van der Waals surface area contributed by atoms with Gasteiger partial charge in [-0.3, -0.25) is 9.59 Å². The first kappa shape index (κ1) is 21.3. The summed E-state index contributed by atoms with van der Waals surface area (Å²) in [7, 11) is 0. The molecular formula is C23H20BrN3O3. The smallest absolute Gasteiger partial charge is 0.323 e. The Morgan fingerprint density at radius 1 is 0.667 bits per heavy atom. The minimum Gasteiger partial charge on any atom is -0.326 e. The summed E-state index contributed by atoms with van der Waals surface area (Å²) >= 11 is 3.33. The molecule has 0 radical (unpaired) electrons. The second-order valence-corrected chi connectivity index (χ2v) is 7.42. The average molecular weight is 466 g/mol. The minimum atomic E-state index is -0.384. The van der Waals surface area contributed by atoms with Gasteiger partial charge in [0.25, 0.3) is 0 Å². The Labute approximate surface area is 182 Å². The van der Waals surface area contributed by atoms with Gasteiger partial charge in [0.1, 0.15) is 0 Å². The minimum absolute atomic E-state index is 0.0705. The molecule has 3 aromatic rings. The fraction of sp³-hybridized carbons (Fsp3) is 0.0870. The normalized spacial score (nSPS) is 10.2. The van der Waals surface area contributed by atoms with Crippen molar-refractivity contribution < 1.29 is 14.4 Å². The highest BCUT2D eigenvalue weighted by molar-refractivity contribution is 9.10. The summed E-state index contributed by atoms with van der Waals surface area (Å²) in [5, 5.41) is 8.20. The third-order valence-electron chi connectivity index (χ3n) is 4.18. The topological polar surface area (TPSA) is 87.3 Å². The summed E-state index contributed by atoms with van der Waals surface area (Å²) in [6, 6.07) is 22.5. The highest BCUT2D eigenvalue weighted by Gasteiger charge is 2.10. The molecular weight excluding hydrogens is 446 g/mol. The SMILES string of the molecule is O=C(CCC(=O)c1ccc(Br)cc1)Nc1cccc(NC(=O)Nc2ccccc2)c1. The lowest BCUT2D eigenvalue weighted by atomic mass is 10.1. The molecule has 0 atom stereocenters. The largest absolute Gasteiger partial charge is 0.326 e. The molecule has 0 spiro atoms. The summed E-state index contributed by atoms with van der Waals surface area (Å²) < 4.78 is 0.891. The molecule has 3 aromatic carbocycles. The summed E-state index contributed by atoms with van der Waals surface area (Å²) in [5.74, 6) is -0.364. The third kappa shape index (κ3) is 6.56. The van der Waals surface area contributed by atoms with Crippen LogP contribution in [0.4, 0.5) is 21.9 Å². The van der Waals surface area contributed by atoms with Gasteiger partial charge in [0.15, 0.2) is 5.78 Å². The molecule has 3 amide bonds. The van der Waals surface area contributed by atoms with Crippen LogP contribution < -0.4 is 16.0 Å². The van der Waals surface area contributed by atoms with Crippen molar-refractivity contribution in [1.82, 2.24) is 0 Å². The number of ketones is 1. The quantitative estimate of drug-likeness (QED) is 0.391. The number of Topliss-reactive ketones (excluding diaryl/α,β-unsaturated/α-hetero) is 1. The van der Waals surface area contributed by atoms with E-state index in [-0.39, 0.29) is 30.6 Å². The van der Waals surface area contributed by atoms with E-state index in [1.807, 2.05) is 18.2 Å². The van der Waals surface area contributed by atoms with Gasteiger partial charge in [-0.1, -0.05) is 52.3 Å². The molecule has 0 unspecified atom stereocenters. The molecule has 7 heteroatoms. The second-order valence-electron chi connectivity index (χ2n) is 6.50. The molecule has 30 heavy (non-hydrogen) atoms. The summed E-state index contributed by atoms with van der Waals surface area (Å²) in [6.45, 7) is 0. The molecule has 0 heterocycles. The van der Waals surface area contributed by atoms with Crippen LogP contribution in [0.25, 0.3) is 0 Å². The van der Waals surface area contributed by atoms with Crippen LogP contribution in [0.3, 0.4) is 0 Å². The molecule has 0 saturated carbocycles. The predicted molar refractivity (Wildman–Crippen MR) is 122 cm³/mol. The number of rotatable bonds is 7. The van der Waals surface area contributed by atoms with E-state index in [1.54, 1.807) is 60.7 Å². The summed E-state index contributed by atoms with van der Waals surface area (Å²) in [6.07, 6.45) is 0.186. The average Bonchev–Trinajstić information content (AvgIpc) is 2.73. The Balaban J connectivity index is 1.50. The van der Waals surface area contributed by atoms with Crippen LogP contribution in [0.5, 0.6) is 0 Å². The number of carbonyl (C=O) groups excluding carboxylic acids is 3. The molecule has 0 aliphatic heterocycles. The number of amides is 3. The first-order valence-corrected chi connectivity index (χ1v) is 10.1. The Bertz CT molecular complexity index is 1040. The van der Waals surface area contributed by atoms with E-state index in [9.17, 15) is 14.4 Å². The highest BCUT2D eigenvalue weighted by Crippen LogP contribution is 2.17. The lowest BCUT2D eigenvalue weighted by Crippen LogP contribution is -2.19. The van der Waals surface area contributed by atoms with Gasteiger partial charge in [0.05, 0.1) is 0 Å². The van der Waals surface area contributed by atoms with Gasteiger partial charge >= 0.3 is 6.03 Å². The predicted octanol–water partition coefficient (Wildman–Crippen LogP) is 5.69. The number of para-hydroxylation sites is 1. The number of carbonyl (C=O) groups is 3. The molecule has 0 aromatic heterocycles. The van der Waals surface area contributed by atoms with Gasteiger partial charge in [-0.05, 0) is 42.5 Å². The first-order chi connectivity index (χ1) is 14.5. The van der Waals surface area contributed by atoms with Crippen LogP contribution in [0.2, 0.25) is 0 Å². The van der Waals surface area contributed by atoms with Gasteiger partial charge in [0, 0.05) is 39.9 Å². The maximum atomic E-state index is 12.2. The van der Waals surface area contributed by atoms with Crippen LogP contribution in [-0.4, -0.2) is 17.7 Å². The molecule has 0 saturated heterocycles.